The van der Waals surface area contributed by atoms with E-state index in [0.29, 0.717) is 6.42 Å². The van der Waals surface area contributed by atoms with Crippen LogP contribution in [0.15, 0.2) is 72.5 Å². The van der Waals surface area contributed by atoms with Crippen molar-refractivity contribution >= 4 is 29.8 Å². The number of carboxylic acids is 1. The number of allylic oxidation sites excluding steroid dienone is 4. The van der Waals surface area contributed by atoms with Crippen LogP contribution in [0.2, 0.25) is 0 Å². The van der Waals surface area contributed by atoms with Gasteiger partial charge in [-0.05, 0) is 46.1 Å². The molecule has 5 heteroatoms. The summed E-state index contributed by atoms with van der Waals surface area (Å²) >= 11 is 0. The standard InChI is InChI=1S/C27H30N2O2.K/c1-21-16-17-24-23(20-21)27(2,3)25(29(24)19-11-5-8-15-26(30)31)14-9-10-18-28-22-12-6-4-7-13-22;/h4,6-7,9-10,12-14,16-20H,5,8,11,15H2,1-3H3;/q;+1/p+1. The zero-order chi connectivity index (χ0) is 22.3. The van der Waals surface area contributed by atoms with Crippen LogP contribution in [0, 0.1) is 6.92 Å². The van der Waals surface area contributed by atoms with Crippen LogP contribution in [0.5, 0.6) is 0 Å². The summed E-state index contributed by atoms with van der Waals surface area (Å²) in [6.45, 7) is 6.62. The molecule has 0 radical (unpaired) electrons. The van der Waals surface area contributed by atoms with E-state index in [4.69, 9.17) is 0 Å². The number of benzene rings is 2. The van der Waals surface area contributed by atoms with Gasteiger partial charge in [-0.2, -0.15) is 4.58 Å². The maximum absolute atomic E-state index is 10.7. The Morgan fingerprint density at radius 3 is 2.56 bits per heavy atom. The molecule has 0 unspecified atom stereocenters. The van der Waals surface area contributed by atoms with Gasteiger partial charge in [0.05, 0.1) is 5.41 Å². The minimum Gasteiger partial charge on any atom is -0.550 e. The molecule has 0 atom stereocenters. The van der Waals surface area contributed by atoms with Gasteiger partial charge >= 0.3 is 51.4 Å². The number of para-hydroxylation sites is 1. The first-order chi connectivity index (χ1) is 14.9. The van der Waals surface area contributed by atoms with Gasteiger partial charge in [-0.3, -0.25) is 0 Å². The average molecular weight is 455 g/mol. The molecule has 1 aliphatic rings. The fourth-order valence-electron chi connectivity index (χ4n) is 3.93. The molecule has 1 N–H and O–H groups in total. The van der Waals surface area contributed by atoms with Gasteiger partial charge in [0.15, 0.2) is 18.1 Å². The van der Waals surface area contributed by atoms with E-state index in [2.05, 4.69) is 66.9 Å². The minimum absolute atomic E-state index is 0. The van der Waals surface area contributed by atoms with Gasteiger partial charge in [0, 0.05) is 48.3 Å². The Hall–Kier alpha value is -1.63. The van der Waals surface area contributed by atoms with E-state index in [0.717, 1.165) is 18.5 Å². The quantitative estimate of drug-likeness (QED) is 0.269. The van der Waals surface area contributed by atoms with Crippen LogP contribution in [0.4, 0.5) is 11.4 Å². The number of rotatable bonds is 8. The maximum atomic E-state index is 10.7. The van der Waals surface area contributed by atoms with Crippen molar-refractivity contribution in [3.05, 3.63) is 83.6 Å². The van der Waals surface area contributed by atoms with Crippen molar-refractivity contribution in [1.29, 1.82) is 0 Å². The SMILES string of the molecule is Cc1ccc2c(c1)C(C)(C)C(=CC=CC=[NH+]c1ccccc1)[N+]2=CCCCCC(=O)[O-].[K+]. The Morgan fingerprint density at radius 2 is 1.84 bits per heavy atom. The number of hydrogen-bond acceptors (Lipinski definition) is 2. The summed E-state index contributed by atoms with van der Waals surface area (Å²) in [5.74, 6) is -0.978. The maximum Gasteiger partial charge on any atom is 1.00 e. The van der Waals surface area contributed by atoms with Gasteiger partial charge in [0.25, 0.3) is 0 Å². The third-order valence-corrected chi connectivity index (χ3v) is 5.62. The normalized spacial score (nSPS) is 17.2. The predicted molar refractivity (Wildman–Crippen MR) is 124 cm³/mol. The Bertz CT molecular complexity index is 1050. The molecule has 160 valence electrons. The second-order valence-electron chi connectivity index (χ2n) is 8.43. The molecule has 0 aromatic heterocycles. The van der Waals surface area contributed by atoms with E-state index in [1.807, 2.05) is 42.6 Å². The van der Waals surface area contributed by atoms with Gasteiger partial charge in [-0.25, -0.2) is 4.99 Å². The Kier molecular flexibility index (Phi) is 10.5. The van der Waals surface area contributed by atoms with E-state index in [1.165, 1.54) is 22.5 Å². The van der Waals surface area contributed by atoms with Gasteiger partial charge < -0.3 is 9.90 Å². The van der Waals surface area contributed by atoms with Gasteiger partial charge in [-0.1, -0.05) is 35.9 Å². The molecule has 0 saturated heterocycles. The number of nitrogens with zero attached hydrogens (tertiary/aromatic N) is 1. The number of hydrogen-bond donors (Lipinski definition) is 1. The molecule has 0 amide bonds. The third-order valence-electron chi connectivity index (χ3n) is 5.62. The molecule has 0 spiro atoms. The Labute approximate surface area is 233 Å². The average Bonchev–Trinajstić information content (AvgIpc) is 2.94. The smallest absolute Gasteiger partial charge is 0.550 e. The summed E-state index contributed by atoms with van der Waals surface area (Å²) in [6.07, 6.45) is 12.7. The molecule has 1 aliphatic heterocycles. The molecule has 2 aromatic rings. The van der Waals surface area contributed by atoms with Crippen molar-refractivity contribution in [1.82, 2.24) is 0 Å². The van der Waals surface area contributed by atoms with Crippen LogP contribution in [-0.2, 0) is 10.2 Å². The van der Waals surface area contributed by atoms with Crippen molar-refractivity contribution in [3.63, 3.8) is 0 Å². The zero-order valence-electron chi connectivity index (χ0n) is 19.6. The molecule has 2 aromatic carbocycles. The van der Waals surface area contributed by atoms with Gasteiger partial charge in [-0.15, -0.1) is 0 Å². The molecular formula is C27H31KN2O2+2. The number of aryl methyl sites for hydroxylation is 1. The van der Waals surface area contributed by atoms with E-state index in [1.54, 1.807) is 0 Å². The van der Waals surface area contributed by atoms with Crippen molar-refractivity contribution in [3.8, 4) is 0 Å². The molecule has 32 heavy (non-hydrogen) atoms. The number of fused-ring (bicyclic) bond motifs is 1. The van der Waals surface area contributed by atoms with Gasteiger partial charge in [0.2, 0.25) is 11.4 Å². The second kappa shape index (κ2) is 12.6. The van der Waals surface area contributed by atoms with Crippen molar-refractivity contribution in [2.45, 2.75) is 51.9 Å². The predicted octanol–water partition coefficient (Wildman–Crippen LogP) is 0.239. The molecule has 4 nitrogen and oxygen atoms in total. The summed E-state index contributed by atoms with van der Waals surface area (Å²) in [5.41, 5.74) is 5.89. The van der Waals surface area contributed by atoms with Crippen LogP contribution < -0.4 is 61.5 Å². The summed E-state index contributed by atoms with van der Waals surface area (Å²) in [7, 11) is 0. The van der Waals surface area contributed by atoms with E-state index in [-0.39, 0.29) is 63.2 Å². The monoisotopic (exact) mass is 454 g/mol. The molecule has 0 bridgehead atoms. The summed E-state index contributed by atoms with van der Waals surface area (Å²) in [6, 6.07) is 16.6. The van der Waals surface area contributed by atoms with E-state index in [9.17, 15) is 9.90 Å². The van der Waals surface area contributed by atoms with Crippen LogP contribution in [0.1, 0.15) is 50.7 Å². The number of unbranched alkanes of at least 4 members (excludes halogenated alkanes) is 2. The summed E-state index contributed by atoms with van der Waals surface area (Å²) < 4.78 is 2.27. The topological polar surface area (TPSA) is 57.1 Å². The fourth-order valence-corrected chi connectivity index (χ4v) is 3.93. The summed E-state index contributed by atoms with van der Waals surface area (Å²) in [5, 5.41) is 10.7. The van der Waals surface area contributed by atoms with E-state index >= 15 is 0 Å². The molecule has 0 fully saturated rings. The minimum atomic E-state index is -0.978. The molecular weight excluding hydrogens is 423 g/mol. The number of aliphatic carboxylic acids is 1. The zero-order valence-corrected chi connectivity index (χ0v) is 22.7. The first-order valence-electron chi connectivity index (χ1n) is 10.9. The Balaban J connectivity index is 0.00000363. The second-order valence-corrected chi connectivity index (χ2v) is 8.43. The van der Waals surface area contributed by atoms with Crippen LogP contribution in [0.25, 0.3) is 0 Å². The van der Waals surface area contributed by atoms with Crippen molar-refractivity contribution < 1.29 is 70.9 Å². The molecule has 3 rings (SSSR count). The van der Waals surface area contributed by atoms with Crippen LogP contribution in [-0.4, -0.2) is 23.0 Å². The number of carbonyl (C=O) groups is 1. The van der Waals surface area contributed by atoms with E-state index < -0.39 is 5.97 Å². The molecule has 0 aliphatic carbocycles. The van der Waals surface area contributed by atoms with Crippen LogP contribution >= 0.6 is 0 Å². The molecule has 1 heterocycles. The molecule has 0 saturated carbocycles. The fraction of sp³-hybridized carbons (Fsp3) is 0.296. The Morgan fingerprint density at radius 1 is 1.09 bits per heavy atom. The van der Waals surface area contributed by atoms with Crippen molar-refractivity contribution in [2.75, 3.05) is 0 Å². The largest absolute Gasteiger partial charge is 1.00 e. The summed E-state index contributed by atoms with van der Waals surface area (Å²) in [4.78, 5) is 13.9. The third kappa shape index (κ3) is 6.93. The van der Waals surface area contributed by atoms with Crippen molar-refractivity contribution in [2.24, 2.45) is 0 Å². The first-order valence-corrected chi connectivity index (χ1v) is 10.9. The first kappa shape index (κ1) is 26.6. The number of carbonyl (C=O) groups excluding carboxylic acids is 1. The number of nitrogens with one attached hydrogen (secondary N) is 1. The number of carboxylic acid groups (broad SMARTS) is 1. The van der Waals surface area contributed by atoms with Gasteiger partial charge in [0.1, 0.15) is 0 Å². The van der Waals surface area contributed by atoms with Crippen LogP contribution in [0.3, 0.4) is 0 Å².